The fourth-order valence-electron chi connectivity index (χ4n) is 2.41. The van der Waals surface area contributed by atoms with Gasteiger partial charge in [0.2, 0.25) is 0 Å². The van der Waals surface area contributed by atoms with Crippen molar-refractivity contribution in [1.29, 1.82) is 0 Å². The summed E-state index contributed by atoms with van der Waals surface area (Å²) in [7, 11) is 5.96. The van der Waals surface area contributed by atoms with E-state index in [0.29, 0.717) is 0 Å². The van der Waals surface area contributed by atoms with Gasteiger partial charge in [0.1, 0.15) is 5.75 Å². The highest BCUT2D eigenvalue weighted by Crippen LogP contribution is 2.29. The number of anilines is 1. The van der Waals surface area contributed by atoms with Gasteiger partial charge < -0.3 is 19.9 Å². The Bertz CT molecular complexity index is 403. The highest BCUT2D eigenvalue weighted by Gasteiger charge is 2.09. The molecule has 120 valence electrons. The predicted molar refractivity (Wildman–Crippen MR) is 91.4 cm³/mol. The van der Waals surface area contributed by atoms with Crippen molar-refractivity contribution in [1.82, 2.24) is 10.2 Å². The Kier molecular flexibility index (Phi) is 8.16. The first-order chi connectivity index (χ1) is 10.1. The second-order valence-electron chi connectivity index (χ2n) is 5.51. The summed E-state index contributed by atoms with van der Waals surface area (Å²) in [6.45, 7) is 9.38. The van der Waals surface area contributed by atoms with Crippen LogP contribution in [0, 0.1) is 0 Å². The van der Waals surface area contributed by atoms with Crippen molar-refractivity contribution in [3.63, 3.8) is 0 Å². The Hall–Kier alpha value is -1.26. The lowest BCUT2D eigenvalue weighted by atomic mass is 10.1. The molecule has 0 spiro atoms. The smallest absolute Gasteiger partial charge is 0.142 e. The monoisotopic (exact) mass is 293 g/mol. The molecule has 0 fully saturated rings. The molecule has 0 aliphatic heterocycles. The highest BCUT2D eigenvalue weighted by atomic mass is 16.5. The van der Waals surface area contributed by atoms with E-state index in [9.17, 15) is 0 Å². The van der Waals surface area contributed by atoms with E-state index in [0.717, 1.165) is 38.5 Å². The molecule has 4 heteroatoms. The first-order valence-electron chi connectivity index (χ1n) is 7.89. The molecule has 0 unspecified atom stereocenters. The second kappa shape index (κ2) is 9.64. The molecule has 1 aromatic rings. The maximum absolute atomic E-state index is 5.55. The molecule has 0 saturated carbocycles. The zero-order valence-corrected chi connectivity index (χ0v) is 14.3. The number of methoxy groups -OCH3 is 1. The molecule has 0 aromatic heterocycles. The molecule has 0 aliphatic rings. The van der Waals surface area contributed by atoms with Gasteiger partial charge in [-0.25, -0.2) is 0 Å². The number of hydrogen-bond acceptors (Lipinski definition) is 4. The lowest BCUT2D eigenvalue weighted by Crippen LogP contribution is -2.23. The summed E-state index contributed by atoms with van der Waals surface area (Å²) < 4.78 is 5.55. The molecule has 0 amide bonds. The number of rotatable bonds is 10. The largest absolute Gasteiger partial charge is 0.495 e. The molecule has 1 N–H and O–H groups in total. The molecular weight excluding hydrogens is 262 g/mol. The van der Waals surface area contributed by atoms with Gasteiger partial charge in [0.15, 0.2) is 0 Å². The van der Waals surface area contributed by atoms with Gasteiger partial charge in [-0.15, -0.1) is 0 Å². The minimum Gasteiger partial charge on any atom is -0.495 e. The summed E-state index contributed by atoms with van der Waals surface area (Å²) in [6, 6.07) is 6.50. The van der Waals surface area contributed by atoms with Crippen LogP contribution in [-0.4, -0.2) is 52.3 Å². The Morgan fingerprint density at radius 3 is 2.43 bits per heavy atom. The maximum Gasteiger partial charge on any atom is 0.142 e. The van der Waals surface area contributed by atoms with Gasteiger partial charge in [0.25, 0.3) is 0 Å². The van der Waals surface area contributed by atoms with Gasteiger partial charge >= 0.3 is 0 Å². The molecule has 1 aromatic carbocycles. The first-order valence-corrected chi connectivity index (χ1v) is 7.89. The highest BCUT2D eigenvalue weighted by molar-refractivity contribution is 5.59. The van der Waals surface area contributed by atoms with Crippen LogP contribution >= 0.6 is 0 Å². The standard InChI is InChI=1S/C17H31N3O/c1-6-20(7-2)16-10-9-15(13-17(16)21-5)14-18-11-8-12-19(3)4/h9-10,13,18H,6-8,11-12,14H2,1-5H3. The van der Waals surface area contributed by atoms with Crippen molar-refractivity contribution in [2.75, 3.05) is 52.3 Å². The first kappa shape index (κ1) is 17.8. The zero-order valence-electron chi connectivity index (χ0n) is 14.3. The fraction of sp³-hybridized carbons (Fsp3) is 0.647. The predicted octanol–water partition coefficient (Wildman–Crippen LogP) is 2.58. The number of nitrogens with zero attached hydrogens (tertiary/aromatic N) is 2. The summed E-state index contributed by atoms with van der Waals surface area (Å²) in [6.07, 6.45) is 1.17. The van der Waals surface area contributed by atoms with E-state index in [2.05, 4.69) is 61.3 Å². The quantitative estimate of drug-likeness (QED) is 0.671. The minimum atomic E-state index is 0.891. The van der Waals surface area contributed by atoms with E-state index in [1.165, 1.54) is 17.7 Å². The van der Waals surface area contributed by atoms with Crippen LogP contribution in [0.5, 0.6) is 5.75 Å². The van der Waals surface area contributed by atoms with Crippen LogP contribution in [0.25, 0.3) is 0 Å². The minimum absolute atomic E-state index is 0.891. The van der Waals surface area contributed by atoms with E-state index in [1.807, 2.05) is 0 Å². The number of ether oxygens (including phenoxy) is 1. The Morgan fingerprint density at radius 1 is 1.14 bits per heavy atom. The summed E-state index contributed by atoms with van der Waals surface area (Å²) in [4.78, 5) is 4.52. The van der Waals surface area contributed by atoms with Gasteiger partial charge in [-0.3, -0.25) is 0 Å². The van der Waals surface area contributed by atoms with Gasteiger partial charge in [-0.2, -0.15) is 0 Å². The summed E-state index contributed by atoms with van der Waals surface area (Å²) >= 11 is 0. The second-order valence-corrected chi connectivity index (χ2v) is 5.51. The van der Waals surface area contributed by atoms with E-state index < -0.39 is 0 Å². The van der Waals surface area contributed by atoms with Gasteiger partial charge in [-0.1, -0.05) is 6.07 Å². The van der Waals surface area contributed by atoms with E-state index in [4.69, 9.17) is 4.74 Å². The topological polar surface area (TPSA) is 27.7 Å². The molecule has 0 atom stereocenters. The maximum atomic E-state index is 5.55. The molecule has 0 saturated heterocycles. The van der Waals surface area contributed by atoms with Crippen molar-refractivity contribution in [2.45, 2.75) is 26.8 Å². The third kappa shape index (κ3) is 5.94. The van der Waals surface area contributed by atoms with Crippen LogP contribution in [0.15, 0.2) is 18.2 Å². The number of benzene rings is 1. The molecule has 0 bridgehead atoms. The molecule has 4 nitrogen and oxygen atoms in total. The number of hydrogen-bond donors (Lipinski definition) is 1. The third-order valence-corrected chi connectivity index (χ3v) is 3.64. The average Bonchev–Trinajstić information content (AvgIpc) is 2.48. The van der Waals surface area contributed by atoms with Crippen molar-refractivity contribution in [3.05, 3.63) is 23.8 Å². The zero-order chi connectivity index (χ0) is 15.7. The van der Waals surface area contributed by atoms with Crippen molar-refractivity contribution in [3.8, 4) is 5.75 Å². The van der Waals surface area contributed by atoms with Gasteiger partial charge in [0, 0.05) is 19.6 Å². The molecule has 0 radical (unpaired) electrons. The van der Waals surface area contributed by atoms with Crippen LogP contribution in [0.1, 0.15) is 25.8 Å². The van der Waals surface area contributed by atoms with E-state index in [1.54, 1.807) is 7.11 Å². The average molecular weight is 293 g/mol. The van der Waals surface area contributed by atoms with E-state index >= 15 is 0 Å². The van der Waals surface area contributed by atoms with Crippen molar-refractivity contribution in [2.24, 2.45) is 0 Å². The SMILES string of the molecule is CCN(CC)c1ccc(CNCCCN(C)C)cc1OC. The van der Waals surface area contributed by atoms with Crippen LogP contribution in [0.4, 0.5) is 5.69 Å². The normalized spacial score (nSPS) is 11.0. The summed E-state index contributed by atoms with van der Waals surface area (Å²) in [5.41, 5.74) is 2.45. The Balaban J connectivity index is 2.57. The lowest BCUT2D eigenvalue weighted by Gasteiger charge is -2.23. The van der Waals surface area contributed by atoms with Crippen LogP contribution in [-0.2, 0) is 6.54 Å². The van der Waals surface area contributed by atoms with Crippen molar-refractivity contribution < 1.29 is 4.74 Å². The number of nitrogens with one attached hydrogen (secondary N) is 1. The van der Waals surface area contributed by atoms with Crippen LogP contribution < -0.4 is 15.0 Å². The Morgan fingerprint density at radius 2 is 1.86 bits per heavy atom. The third-order valence-electron chi connectivity index (χ3n) is 3.64. The lowest BCUT2D eigenvalue weighted by molar-refractivity contribution is 0.394. The fourth-order valence-corrected chi connectivity index (χ4v) is 2.41. The Labute approximate surface area is 130 Å². The van der Waals surface area contributed by atoms with Gasteiger partial charge in [-0.05, 0) is 65.1 Å². The molecule has 1 rings (SSSR count). The summed E-state index contributed by atoms with van der Waals surface area (Å²) in [5, 5.41) is 3.49. The molecule has 0 aliphatic carbocycles. The van der Waals surface area contributed by atoms with Crippen molar-refractivity contribution >= 4 is 5.69 Å². The van der Waals surface area contributed by atoms with Crippen LogP contribution in [0.2, 0.25) is 0 Å². The molecule has 0 heterocycles. The van der Waals surface area contributed by atoms with E-state index in [-0.39, 0.29) is 0 Å². The van der Waals surface area contributed by atoms with Crippen LogP contribution in [0.3, 0.4) is 0 Å². The molecular formula is C17H31N3O. The molecule has 21 heavy (non-hydrogen) atoms. The summed E-state index contributed by atoms with van der Waals surface area (Å²) in [5.74, 6) is 0.964. The van der Waals surface area contributed by atoms with Gasteiger partial charge in [0.05, 0.1) is 12.8 Å².